The molecule has 0 aliphatic rings. The second-order valence-electron chi connectivity index (χ2n) is 6.85. The van der Waals surface area contributed by atoms with Gasteiger partial charge in [-0.15, -0.1) is 0 Å². The van der Waals surface area contributed by atoms with Crippen LogP contribution in [0.3, 0.4) is 0 Å². The van der Waals surface area contributed by atoms with E-state index in [2.05, 4.69) is 50.7 Å². The first-order valence-corrected chi connectivity index (χ1v) is 10.0. The summed E-state index contributed by atoms with van der Waals surface area (Å²) in [5, 5.41) is 10.7. The fraction of sp³-hybridized carbons (Fsp3) is 0.364. The van der Waals surface area contributed by atoms with Crippen LogP contribution in [-0.4, -0.2) is 41.3 Å². The van der Waals surface area contributed by atoms with Crippen molar-refractivity contribution < 1.29 is 9.26 Å². The summed E-state index contributed by atoms with van der Waals surface area (Å²) in [5.41, 5.74) is 2.93. The van der Waals surface area contributed by atoms with Gasteiger partial charge in [0.25, 0.3) is 5.89 Å². The minimum absolute atomic E-state index is 0.0265. The van der Waals surface area contributed by atoms with Gasteiger partial charge in [0.15, 0.2) is 11.8 Å². The molecule has 0 aliphatic carbocycles. The molecule has 0 saturated heterocycles. The Kier molecular flexibility index (Phi) is 7.37. The predicted octanol–water partition coefficient (Wildman–Crippen LogP) is 3.31. The fourth-order valence-corrected chi connectivity index (χ4v) is 3.01. The molecule has 0 bridgehead atoms. The lowest BCUT2D eigenvalue weighted by Gasteiger charge is -2.20. The molecule has 0 radical (unpaired) electrons. The quantitative estimate of drug-likeness (QED) is 0.436. The first-order valence-electron chi connectivity index (χ1n) is 10.0. The SMILES string of the molecule is CCNC(=NCCc1noc(-c2ccccn2)n1)NC(C)c1cc(C)ccc1OC. The standard InChI is InChI=1S/C22H28N6O2/c1-5-23-22(26-16(3)17-14-15(2)9-10-19(17)29-4)25-13-11-20-27-21(30-28-20)18-8-6-7-12-24-18/h6-10,12,14,16H,5,11,13H2,1-4H3,(H2,23,25,26). The van der Waals surface area contributed by atoms with Crippen LogP contribution < -0.4 is 15.4 Å². The van der Waals surface area contributed by atoms with E-state index in [4.69, 9.17) is 9.26 Å². The number of aliphatic imine (C=N–C) groups is 1. The molecule has 8 nitrogen and oxygen atoms in total. The Morgan fingerprint density at radius 3 is 2.87 bits per heavy atom. The Hall–Kier alpha value is -3.42. The number of rotatable bonds is 8. The normalized spacial score (nSPS) is 12.5. The molecule has 0 amide bonds. The van der Waals surface area contributed by atoms with E-state index in [1.54, 1.807) is 13.3 Å². The molecule has 3 rings (SSSR count). The highest BCUT2D eigenvalue weighted by atomic mass is 16.5. The van der Waals surface area contributed by atoms with E-state index >= 15 is 0 Å². The Morgan fingerprint density at radius 2 is 2.13 bits per heavy atom. The molecule has 1 aromatic carbocycles. The number of pyridine rings is 1. The Morgan fingerprint density at radius 1 is 1.27 bits per heavy atom. The first-order chi connectivity index (χ1) is 14.6. The second-order valence-corrected chi connectivity index (χ2v) is 6.85. The van der Waals surface area contributed by atoms with Crippen LogP contribution in [0.4, 0.5) is 0 Å². The van der Waals surface area contributed by atoms with Gasteiger partial charge >= 0.3 is 0 Å². The van der Waals surface area contributed by atoms with Crippen molar-refractivity contribution in [2.75, 3.05) is 20.2 Å². The van der Waals surface area contributed by atoms with Crippen LogP contribution >= 0.6 is 0 Å². The molecule has 3 aromatic rings. The van der Waals surface area contributed by atoms with Crippen molar-refractivity contribution in [3.05, 3.63) is 59.5 Å². The van der Waals surface area contributed by atoms with Gasteiger partial charge < -0.3 is 19.9 Å². The van der Waals surface area contributed by atoms with Crippen molar-refractivity contribution in [2.24, 2.45) is 4.99 Å². The lowest BCUT2D eigenvalue weighted by atomic mass is 10.0. The number of hydrogen-bond acceptors (Lipinski definition) is 6. The number of methoxy groups -OCH3 is 1. The average molecular weight is 409 g/mol. The molecule has 0 saturated carbocycles. The summed E-state index contributed by atoms with van der Waals surface area (Å²) < 4.78 is 10.8. The number of nitrogens with one attached hydrogen (secondary N) is 2. The molecule has 1 atom stereocenters. The van der Waals surface area contributed by atoms with Crippen LogP contribution in [0, 0.1) is 6.92 Å². The Labute approximate surface area is 176 Å². The highest BCUT2D eigenvalue weighted by Crippen LogP contribution is 2.26. The van der Waals surface area contributed by atoms with Gasteiger partial charge in [0.05, 0.1) is 13.2 Å². The van der Waals surface area contributed by atoms with Crippen LogP contribution in [0.15, 0.2) is 52.1 Å². The van der Waals surface area contributed by atoms with Gasteiger partial charge in [-0.05, 0) is 39.0 Å². The summed E-state index contributed by atoms with van der Waals surface area (Å²) in [4.78, 5) is 13.3. The monoisotopic (exact) mass is 408 g/mol. The smallest absolute Gasteiger partial charge is 0.276 e. The van der Waals surface area contributed by atoms with E-state index in [0.29, 0.717) is 30.4 Å². The molecule has 30 heavy (non-hydrogen) atoms. The maximum absolute atomic E-state index is 5.51. The summed E-state index contributed by atoms with van der Waals surface area (Å²) in [6.45, 7) is 7.47. The molecule has 2 heterocycles. The molecule has 0 aliphatic heterocycles. The van der Waals surface area contributed by atoms with Gasteiger partial charge in [-0.2, -0.15) is 4.98 Å². The number of aromatic nitrogens is 3. The number of nitrogens with zero attached hydrogens (tertiary/aromatic N) is 4. The first kappa shape index (κ1) is 21.3. The van der Waals surface area contributed by atoms with Gasteiger partial charge in [-0.1, -0.05) is 28.9 Å². The van der Waals surface area contributed by atoms with E-state index < -0.39 is 0 Å². The van der Waals surface area contributed by atoms with Crippen molar-refractivity contribution in [2.45, 2.75) is 33.2 Å². The van der Waals surface area contributed by atoms with Crippen molar-refractivity contribution in [1.82, 2.24) is 25.8 Å². The highest BCUT2D eigenvalue weighted by molar-refractivity contribution is 5.80. The number of benzene rings is 1. The van der Waals surface area contributed by atoms with Crippen molar-refractivity contribution in [3.63, 3.8) is 0 Å². The van der Waals surface area contributed by atoms with E-state index in [9.17, 15) is 0 Å². The lowest BCUT2D eigenvalue weighted by molar-refractivity contribution is 0.405. The van der Waals surface area contributed by atoms with Gasteiger partial charge in [0.2, 0.25) is 0 Å². The molecular weight excluding hydrogens is 380 g/mol. The lowest BCUT2D eigenvalue weighted by Crippen LogP contribution is -2.39. The zero-order valence-electron chi connectivity index (χ0n) is 17.8. The third-order valence-electron chi connectivity index (χ3n) is 4.51. The van der Waals surface area contributed by atoms with Crippen LogP contribution in [0.5, 0.6) is 5.75 Å². The van der Waals surface area contributed by atoms with Crippen molar-refractivity contribution in [3.8, 4) is 17.3 Å². The molecule has 0 fully saturated rings. The van der Waals surface area contributed by atoms with E-state index in [0.717, 1.165) is 23.8 Å². The van der Waals surface area contributed by atoms with Gasteiger partial charge in [-0.25, -0.2) is 0 Å². The second kappa shape index (κ2) is 10.4. The third-order valence-corrected chi connectivity index (χ3v) is 4.51. The Bertz CT molecular complexity index is 971. The molecule has 1 unspecified atom stereocenters. The van der Waals surface area contributed by atoms with Gasteiger partial charge in [-0.3, -0.25) is 9.98 Å². The largest absolute Gasteiger partial charge is 0.496 e. The Balaban J connectivity index is 1.64. The minimum Gasteiger partial charge on any atom is -0.496 e. The van der Waals surface area contributed by atoms with E-state index in [1.165, 1.54) is 5.56 Å². The van der Waals surface area contributed by atoms with Crippen LogP contribution in [0.25, 0.3) is 11.6 Å². The number of aryl methyl sites for hydroxylation is 1. The van der Waals surface area contributed by atoms with E-state index in [1.807, 2.05) is 37.3 Å². The summed E-state index contributed by atoms with van der Waals surface area (Å²) in [7, 11) is 1.68. The van der Waals surface area contributed by atoms with Crippen LogP contribution in [0.1, 0.15) is 36.8 Å². The molecule has 0 spiro atoms. The average Bonchev–Trinajstić information content (AvgIpc) is 3.23. The zero-order valence-corrected chi connectivity index (χ0v) is 17.8. The summed E-state index contributed by atoms with van der Waals surface area (Å²) >= 11 is 0. The van der Waals surface area contributed by atoms with Crippen LogP contribution in [-0.2, 0) is 6.42 Å². The number of hydrogen-bond donors (Lipinski definition) is 2. The fourth-order valence-electron chi connectivity index (χ4n) is 3.01. The number of guanidine groups is 1. The molecule has 8 heteroatoms. The van der Waals surface area contributed by atoms with Crippen molar-refractivity contribution in [1.29, 1.82) is 0 Å². The van der Waals surface area contributed by atoms with Gasteiger partial charge in [0, 0.05) is 31.3 Å². The maximum Gasteiger partial charge on any atom is 0.276 e. The summed E-state index contributed by atoms with van der Waals surface area (Å²) in [6, 6.07) is 11.7. The third kappa shape index (κ3) is 5.56. The number of ether oxygens (including phenoxy) is 1. The minimum atomic E-state index is 0.0265. The topological polar surface area (TPSA) is 97.5 Å². The van der Waals surface area contributed by atoms with Gasteiger partial charge in [0.1, 0.15) is 11.4 Å². The predicted molar refractivity (Wildman–Crippen MR) is 116 cm³/mol. The van der Waals surface area contributed by atoms with E-state index in [-0.39, 0.29) is 6.04 Å². The van der Waals surface area contributed by atoms with Crippen LogP contribution in [0.2, 0.25) is 0 Å². The highest BCUT2D eigenvalue weighted by Gasteiger charge is 2.14. The zero-order chi connectivity index (χ0) is 21.3. The molecular formula is C22H28N6O2. The summed E-state index contributed by atoms with van der Waals surface area (Å²) in [5.74, 6) is 2.59. The summed E-state index contributed by atoms with van der Waals surface area (Å²) in [6.07, 6.45) is 2.26. The van der Waals surface area contributed by atoms with Crippen molar-refractivity contribution >= 4 is 5.96 Å². The molecule has 158 valence electrons. The molecule has 2 N–H and O–H groups in total. The maximum atomic E-state index is 5.51. The molecule has 2 aromatic heterocycles.